The van der Waals surface area contributed by atoms with Gasteiger partial charge in [0.25, 0.3) is 0 Å². The van der Waals surface area contributed by atoms with Crippen LogP contribution in [0, 0.1) is 0 Å². The van der Waals surface area contributed by atoms with Crippen LogP contribution in [0.3, 0.4) is 0 Å². The van der Waals surface area contributed by atoms with Crippen molar-refractivity contribution in [2.24, 2.45) is 0 Å². The molecule has 0 saturated heterocycles. The molecule has 0 bridgehead atoms. The van der Waals surface area contributed by atoms with Crippen LogP contribution in [0.25, 0.3) is 0 Å². The molecule has 92 valence electrons. The molecular weight excluding hydrogens is 283 g/mol. The van der Waals surface area contributed by atoms with Crippen molar-refractivity contribution in [1.29, 1.82) is 0 Å². The molecule has 0 aromatic carbocycles. The second-order valence-corrected chi connectivity index (χ2v) is 4.99. The Balaban J connectivity index is 0.000000284. The molecule has 1 heteroatoms. The molecule has 2 rings (SSSR count). The Morgan fingerprint density at radius 2 is 0.941 bits per heavy atom. The minimum absolute atomic E-state index is 0. The van der Waals surface area contributed by atoms with E-state index in [1.165, 1.54) is 46.3 Å². The summed E-state index contributed by atoms with van der Waals surface area (Å²) in [5.74, 6) is 0. The van der Waals surface area contributed by atoms with Crippen LogP contribution >= 0.6 is 0 Å². The Morgan fingerprint density at radius 3 is 1.00 bits per heavy atom. The predicted molar refractivity (Wildman–Crippen MR) is 73.5 cm³/mol. The van der Waals surface area contributed by atoms with Gasteiger partial charge in [-0.15, -0.1) is 0 Å². The van der Waals surface area contributed by atoms with Gasteiger partial charge >= 0.3 is 0 Å². The molecule has 0 radical (unpaired) electrons. The van der Waals surface area contributed by atoms with E-state index in [1.54, 1.807) is 0 Å². The zero-order valence-electron chi connectivity index (χ0n) is 12.1. The zero-order valence-corrected chi connectivity index (χ0v) is 14.5. The zero-order chi connectivity index (χ0) is 12.3. The van der Waals surface area contributed by atoms with Crippen LogP contribution in [-0.4, -0.2) is 0 Å². The van der Waals surface area contributed by atoms with E-state index in [1.807, 2.05) is 0 Å². The van der Waals surface area contributed by atoms with Gasteiger partial charge in [-0.05, 0) is 65.5 Å². The van der Waals surface area contributed by atoms with Crippen molar-refractivity contribution in [3.63, 3.8) is 0 Å². The van der Waals surface area contributed by atoms with Gasteiger partial charge in [0.15, 0.2) is 0 Å². The summed E-state index contributed by atoms with van der Waals surface area (Å²) in [5, 5.41) is 0. The van der Waals surface area contributed by atoms with Crippen molar-refractivity contribution in [2.45, 2.75) is 54.4 Å². The maximum atomic E-state index is 2.28. The molecule has 0 spiro atoms. The Labute approximate surface area is 126 Å². The largest absolute Gasteiger partial charge is 0.0773 e. The standard InChI is InChI=1S/2C8H12.Zr/c2*1-6-4-5-7(2)8(6)3;/h2*4H,5H2,1-3H3;. The minimum Gasteiger partial charge on any atom is -0.0773 e. The van der Waals surface area contributed by atoms with Crippen LogP contribution in [0.4, 0.5) is 0 Å². The molecule has 0 aromatic heterocycles. The van der Waals surface area contributed by atoms with Crippen LogP contribution < -0.4 is 0 Å². The summed E-state index contributed by atoms with van der Waals surface area (Å²) in [6.45, 7) is 13.1. The van der Waals surface area contributed by atoms with Crippen molar-refractivity contribution in [2.75, 3.05) is 0 Å². The molecule has 0 amide bonds. The monoisotopic (exact) mass is 306 g/mol. The van der Waals surface area contributed by atoms with Gasteiger partial charge in [0, 0.05) is 26.2 Å². The molecule has 0 aromatic rings. The first-order chi connectivity index (χ1) is 7.43. The molecule has 2 aliphatic rings. The number of hydrogen-bond donors (Lipinski definition) is 0. The third kappa shape index (κ3) is 4.55. The van der Waals surface area contributed by atoms with E-state index in [4.69, 9.17) is 0 Å². The van der Waals surface area contributed by atoms with E-state index in [9.17, 15) is 0 Å². The van der Waals surface area contributed by atoms with Gasteiger partial charge in [-0.25, -0.2) is 0 Å². The molecule has 0 heterocycles. The molecule has 0 saturated carbocycles. The average molecular weight is 308 g/mol. The van der Waals surface area contributed by atoms with Gasteiger partial charge in [0.1, 0.15) is 0 Å². The molecule has 0 nitrogen and oxygen atoms in total. The molecule has 0 N–H and O–H groups in total. The van der Waals surface area contributed by atoms with Crippen molar-refractivity contribution in [3.8, 4) is 0 Å². The Hall–Kier alpha value is -0.157. The number of hydrogen-bond acceptors (Lipinski definition) is 0. The quantitative estimate of drug-likeness (QED) is 0.566. The van der Waals surface area contributed by atoms with Crippen molar-refractivity contribution >= 4 is 0 Å². The Kier molecular flexibility index (Phi) is 7.25. The molecule has 0 atom stereocenters. The Bertz CT molecular complexity index is 352. The average Bonchev–Trinajstić information content (AvgIpc) is 2.70. The summed E-state index contributed by atoms with van der Waals surface area (Å²) in [5.41, 5.74) is 8.96. The van der Waals surface area contributed by atoms with E-state index in [0.717, 1.165) is 0 Å². The van der Waals surface area contributed by atoms with Gasteiger partial charge in [0.2, 0.25) is 0 Å². The number of allylic oxidation sites excluding steroid dienone is 8. The first-order valence-corrected chi connectivity index (χ1v) is 6.10. The van der Waals surface area contributed by atoms with Gasteiger partial charge in [-0.3, -0.25) is 0 Å². The van der Waals surface area contributed by atoms with E-state index in [2.05, 4.69) is 53.7 Å². The maximum Gasteiger partial charge on any atom is 0 e. The van der Waals surface area contributed by atoms with E-state index < -0.39 is 0 Å². The van der Waals surface area contributed by atoms with Crippen LogP contribution in [0.2, 0.25) is 0 Å². The van der Waals surface area contributed by atoms with Crippen molar-refractivity contribution in [3.05, 3.63) is 45.6 Å². The van der Waals surface area contributed by atoms with Crippen LogP contribution in [0.1, 0.15) is 54.4 Å². The smallest absolute Gasteiger partial charge is 0 e. The van der Waals surface area contributed by atoms with Gasteiger partial charge in [-0.1, -0.05) is 34.4 Å². The second-order valence-electron chi connectivity index (χ2n) is 4.99. The van der Waals surface area contributed by atoms with Gasteiger partial charge in [-0.2, -0.15) is 0 Å². The second kappa shape index (κ2) is 7.32. The van der Waals surface area contributed by atoms with Gasteiger partial charge < -0.3 is 0 Å². The normalized spacial score (nSPS) is 18.5. The SMILES string of the molecule is CC1=CCC(C)=C1C.CC1=CCC(C)=C1C.[Zr]. The summed E-state index contributed by atoms with van der Waals surface area (Å²) in [6.07, 6.45) is 6.92. The van der Waals surface area contributed by atoms with Crippen molar-refractivity contribution in [1.82, 2.24) is 0 Å². The van der Waals surface area contributed by atoms with Crippen LogP contribution in [0.15, 0.2) is 45.6 Å². The van der Waals surface area contributed by atoms with E-state index in [-0.39, 0.29) is 26.2 Å². The summed E-state index contributed by atoms with van der Waals surface area (Å²) < 4.78 is 0. The first kappa shape index (κ1) is 16.8. The summed E-state index contributed by atoms with van der Waals surface area (Å²) in [6, 6.07) is 0. The fourth-order valence-corrected chi connectivity index (χ4v) is 1.90. The summed E-state index contributed by atoms with van der Waals surface area (Å²) in [7, 11) is 0. The minimum atomic E-state index is 0. The van der Waals surface area contributed by atoms with E-state index in [0.29, 0.717) is 0 Å². The van der Waals surface area contributed by atoms with Crippen LogP contribution in [0.5, 0.6) is 0 Å². The molecular formula is C16H24Zr. The van der Waals surface area contributed by atoms with E-state index >= 15 is 0 Å². The first-order valence-electron chi connectivity index (χ1n) is 6.10. The summed E-state index contributed by atoms with van der Waals surface area (Å²) in [4.78, 5) is 0. The Morgan fingerprint density at radius 1 is 0.647 bits per heavy atom. The maximum absolute atomic E-state index is 2.28. The molecule has 0 unspecified atom stereocenters. The van der Waals surface area contributed by atoms with Crippen molar-refractivity contribution < 1.29 is 26.2 Å². The molecule has 2 aliphatic carbocycles. The number of rotatable bonds is 0. The molecule has 0 fully saturated rings. The molecule has 0 aliphatic heterocycles. The third-order valence-electron chi connectivity index (χ3n) is 3.89. The predicted octanol–water partition coefficient (Wildman–Crippen LogP) is 5.34. The van der Waals surface area contributed by atoms with Crippen LogP contribution in [-0.2, 0) is 26.2 Å². The fourth-order valence-electron chi connectivity index (χ4n) is 1.90. The fraction of sp³-hybridized carbons (Fsp3) is 0.500. The van der Waals surface area contributed by atoms with Gasteiger partial charge in [0.05, 0.1) is 0 Å². The summed E-state index contributed by atoms with van der Waals surface area (Å²) >= 11 is 0. The molecule has 17 heavy (non-hydrogen) atoms. The topological polar surface area (TPSA) is 0 Å². The third-order valence-corrected chi connectivity index (χ3v) is 3.89.